The van der Waals surface area contributed by atoms with Gasteiger partial charge >= 0.3 is 5.97 Å². The molecule has 20 heavy (non-hydrogen) atoms. The Kier molecular flexibility index (Phi) is 4.96. The summed E-state index contributed by atoms with van der Waals surface area (Å²) in [6.45, 7) is 1.94. The Morgan fingerprint density at radius 1 is 1.40 bits per heavy atom. The molecule has 0 saturated carbocycles. The van der Waals surface area contributed by atoms with Gasteiger partial charge in [-0.25, -0.2) is 4.79 Å². The topological polar surface area (TPSA) is 48.4 Å². The Labute approximate surface area is 122 Å². The molecular weight excluding hydrogens is 278 g/mol. The number of rotatable bonds is 5. The number of hydrogen-bond acceptors (Lipinski definition) is 4. The van der Waals surface area contributed by atoms with Gasteiger partial charge in [0.25, 0.3) is 0 Å². The maximum absolute atomic E-state index is 11.5. The minimum atomic E-state index is -0.429. The van der Waals surface area contributed by atoms with Crippen LogP contribution in [0, 0.1) is 0 Å². The number of esters is 1. The second kappa shape index (κ2) is 6.91. The number of aromatic nitrogens is 1. The molecule has 0 bridgehead atoms. The molecule has 1 aromatic heterocycles. The van der Waals surface area contributed by atoms with Crippen LogP contribution in [0.1, 0.15) is 6.92 Å². The Morgan fingerprint density at radius 3 is 3.05 bits per heavy atom. The van der Waals surface area contributed by atoms with Crippen LogP contribution >= 0.6 is 11.6 Å². The van der Waals surface area contributed by atoms with Crippen molar-refractivity contribution in [1.82, 2.24) is 4.98 Å². The van der Waals surface area contributed by atoms with Gasteiger partial charge in [0.2, 0.25) is 0 Å². The second-order valence-electron chi connectivity index (χ2n) is 3.99. The fourth-order valence-corrected chi connectivity index (χ4v) is 1.86. The summed E-state index contributed by atoms with van der Waals surface area (Å²) in [4.78, 5) is 15.7. The van der Waals surface area contributed by atoms with Crippen molar-refractivity contribution in [2.75, 3.05) is 13.2 Å². The fourth-order valence-electron chi connectivity index (χ4n) is 1.64. The van der Waals surface area contributed by atoms with E-state index in [4.69, 9.17) is 21.1 Å². The highest BCUT2D eigenvalue weighted by Gasteiger charge is 2.09. The lowest BCUT2D eigenvalue weighted by Gasteiger charge is -2.09. The molecule has 0 aliphatic heterocycles. The Hall–Kier alpha value is -2.07. The second-order valence-corrected chi connectivity index (χ2v) is 4.39. The Bertz CT molecular complexity index is 640. The van der Waals surface area contributed by atoms with E-state index in [-0.39, 0.29) is 13.2 Å². The molecule has 0 unspecified atom stereocenters. The van der Waals surface area contributed by atoms with E-state index in [2.05, 4.69) is 4.98 Å². The van der Waals surface area contributed by atoms with E-state index in [1.54, 1.807) is 30.5 Å². The van der Waals surface area contributed by atoms with Crippen LogP contribution in [-0.4, -0.2) is 24.2 Å². The monoisotopic (exact) mass is 291 g/mol. The third-order valence-electron chi connectivity index (χ3n) is 2.60. The minimum absolute atomic E-state index is 0.162. The summed E-state index contributed by atoms with van der Waals surface area (Å²) in [6.07, 6.45) is 5.21. The van der Waals surface area contributed by atoms with Gasteiger partial charge < -0.3 is 9.47 Å². The summed E-state index contributed by atoms with van der Waals surface area (Å²) in [7, 11) is 0. The van der Waals surface area contributed by atoms with Crippen molar-refractivity contribution in [3.63, 3.8) is 0 Å². The molecule has 1 aromatic carbocycles. The SMILES string of the molecule is CC=CCOC(=O)COc1ccc(Cl)c2cccnc12. The molecule has 0 saturated heterocycles. The third-order valence-corrected chi connectivity index (χ3v) is 2.93. The quantitative estimate of drug-likeness (QED) is 0.626. The first-order valence-corrected chi connectivity index (χ1v) is 6.53. The normalized spacial score (nSPS) is 10.9. The van der Waals surface area contributed by atoms with Gasteiger partial charge in [0.1, 0.15) is 17.9 Å². The average Bonchev–Trinajstić information content (AvgIpc) is 2.47. The zero-order valence-electron chi connectivity index (χ0n) is 11.0. The molecule has 0 aliphatic rings. The van der Waals surface area contributed by atoms with Gasteiger partial charge in [-0.05, 0) is 31.2 Å². The van der Waals surface area contributed by atoms with Crippen LogP contribution < -0.4 is 4.74 Å². The molecule has 4 nitrogen and oxygen atoms in total. The molecule has 2 aromatic rings. The van der Waals surface area contributed by atoms with Gasteiger partial charge in [0.05, 0.1) is 5.02 Å². The van der Waals surface area contributed by atoms with E-state index in [0.29, 0.717) is 16.3 Å². The predicted molar refractivity (Wildman–Crippen MR) is 78.0 cm³/mol. The van der Waals surface area contributed by atoms with Crippen molar-refractivity contribution >= 4 is 28.5 Å². The molecule has 0 radical (unpaired) electrons. The fraction of sp³-hybridized carbons (Fsp3) is 0.200. The van der Waals surface area contributed by atoms with Gasteiger partial charge in [0, 0.05) is 11.6 Å². The van der Waals surface area contributed by atoms with Crippen LogP contribution in [0.25, 0.3) is 10.9 Å². The van der Waals surface area contributed by atoms with Gasteiger partial charge in [-0.3, -0.25) is 4.98 Å². The molecule has 1 heterocycles. The lowest BCUT2D eigenvalue weighted by atomic mass is 10.2. The van der Waals surface area contributed by atoms with Gasteiger partial charge in [-0.2, -0.15) is 0 Å². The van der Waals surface area contributed by atoms with Crippen molar-refractivity contribution < 1.29 is 14.3 Å². The molecule has 104 valence electrons. The number of fused-ring (bicyclic) bond motifs is 1. The van der Waals surface area contributed by atoms with Gasteiger partial charge in [0.15, 0.2) is 6.61 Å². The van der Waals surface area contributed by atoms with E-state index in [1.165, 1.54) is 0 Å². The van der Waals surface area contributed by atoms with E-state index in [9.17, 15) is 4.79 Å². The van der Waals surface area contributed by atoms with Crippen LogP contribution in [0.2, 0.25) is 5.02 Å². The maximum atomic E-state index is 11.5. The zero-order chi connectivity index (χ0) is 14.4. The molecular formula is C15H14ClNO3. The number of hydrogen-bond donors (Lipinski definition) is 0. The molecule has 0 spiro atoms. The number of halogens is 1. The van der Waals surface area contributed by atoms with Crippen LogP contribution in [0.4, 0.5) is 0 Å². The third kappa shape index (κ3) is 3.48. The molecule has 0 N–H and O–H groups in total. The number of ether oxygens (including phenoxy) is 2. The smallest absolute Gasteiger partial charge is 0.344 e. The summed E-state index contributed by atoms with van der Waals surface area (Å²) in [5, 5.41) is 1.38. The minimum Gasteiger partial charge on any atom is -0.480 e. The van der Waals surface area contributed by atoms with Crippen LogP contribution in [0.15, 0.2) is 42.6 Å². The summed E-state index contributed by atoms with van der Waals surface area (Å²) in [5.41, 5.74) is 0.626. The summed E-state index contributed by atoms with van der Waals surface area (Å²) in [5.74, 6) is 0.0788. The number of carbonyl (C=O) groups is 1. The number of carbonyl (C=O) groups excluding carboxylic acids is 1. The van der Waals surface area contributed by atoms with Crippen LogP contribution in [-0.2, 0) is 9.53 Å². The zero-order valence-corrected chi connectivity index (χ0v) is 11.8. The number of pyridine rings is 1. The molecule has 2 rings (SSSR count). The van der Waals surface area contributed by atoms with Crippen molar-refractivity contribution in [2.24, 2.45) is 0 Å². The highest BCUT2D eigenvalue weighted by Crippen LogP contribution is 2.29. The van der Waals surface area contributed by atoms with E-state index in [1.807, 2.05) is 19.1 Å². The van der Waals surface area contributed by atoms with Crippen molar-refractivity contribution in [3.05, 3.63) is 47.6 Å². The maximum Gasteiger partial charge on any atom is 0.344 e. The molecule has 0 amide bonds. The van der Waals surface area contributed by atoms with E-state index >= 15 is 0 Å². The largest absolute Gasteiger partial charge is 0.480 e. The average molecular weight is 292 g/mol. The van der Waals surface area contributed by atoms with Crippen molar-refractivity contribution in [1.29, 1.82) is 0 Å². The Balaban J connectivity index is 2.07. The van der Waals surface area contributed by atoms with Crippen LogP contribution in [0.3, 0.4) is 0 Å². The van der Waals surface area contributed by atoms with Crippen molar-refractivity contribution in [2.45, 2.75) is 6.92 Å². The summed E-state index contributed by atoms with van der Waals surface area (Å²) in [6, 6.07) is 7.05. The molecule has 0 atom stereocenters. The first kappa shape index (κ1) is 14.3. The first-order chi connectivity index (χ1) is 9.72. The highest BCUT2D eigenvalue weighted by atomic mass is 35.5. The molecule has 5 heteroatoms. The predicted octanol–water partition coefficient (Wildman–Crippen LogP) is 3.39. The number of benzene rings is 1. The lowest BCUT2D eigenvalue weighted by Crippen LogP contribution is -2.15. The van der Waals surface area contributed by atoms with E-state index in [0.717, 1.165) is 5.39 Å². The summed E-state index contributed by atoms with van der Waals surface area (Å²) >= 11 is 6.08. The molecule has 0 fully saturated rings. The molecule has 0 aliphatic carbocycles. The number of nitrogens with zero attached hydrogens (tertiary/aromatic N) is 1. The number of allylic oxidation sites excluding steroid dienone is 1. The summed E-state index contributed by atoms with van der Waals surface area (Å²) < 4.78 is 10.4. The Morgan fingerprint density at radius 2 is 2.25 bits per heavy atom. The van der Waals surface area contributed by atoms with Gasteiger partial charge in [-0.15, -0.1) is 0 Å². The first-order valence-electron chi connectivity index (χ1n) is 6.15. The highest BCUT2D eigenvalue weighted by molar-refractivity contribution is 6.35. The van der Waals surface area contributed by atoms with Gasteiger partial charge in [-0.1, -0.05) is 23.8 Å². The van der Waals surface area contributed by atoms with Crippen LogP contribution in [0.5, 0.6) is 5.75 Å². The van der Waals surface area contributed by atoms with E-state index < -0.39 is 5.97 Å². The standard InChI is InChI=1S/C15H14ClNO3/c1-2-3-9-19-14(18)10-20-13-7-6-12(16)11-5-4-8-17-15(11)13/h2-8H,9-10H2,1H3. The lowest BCUT2D eigenvalue weighted by molar-refractivity contribution is -0.144. The van der Waals surface area contributed by atoms with Crippen molar-refractivity contribution in [3.8, 4) is 5.75 Å².